The van der Waals surface area contributed by atoms with Gasteiger partial charge in [0.1, 0.15) is 5.82 Å². The molecule has 0 saturated heterocycles. The number of carbonyl (C=O) groups excluding carboxylic acids is 2. The summed E-state index contributed by atoms with van der Waals surface area (Å²) in [6.45, 7) is 3.82. The Labute approximate surface area is 180 Å². The second kappa shape index (κ2) is 10.0. The van der Waals surface area contributed by atoms with Gasteiger partial charge in [0.05, 0.1) is 0 Å². The number of nitrogens with one attached hydrogen (secondary N) is 2. The van der Waals surface area contributed by atoms with Crippen LogP contribution in [0.3, 0.4) is 0 Å². The van der Waals surface area contributed by atoms with E-state index in [2.05, 4.69) is 5.32 Å². The highest BCUT2D eigenvalue weighted by Gasteiger charge is 2.29. The number of hydrogen-bond donors (Lipinski definition) is 3. The van der Waals surface area contributed by atoms with Gasteiger partial charge in [0.25, 0.3) is 0 Å². The average molecular weight is 431 g/mol. The Morgan fingerprint density at radius 1 is 1.27 bits per heavy atom. The maximum atomic E-state index is 13.9. The molecular formula is C22H24ClFN4O2. The number of nitrogens with zero attached hydrogens (tertiary/aromatic N) is 1. The molecule has 2 aromatic carbocycles. The third-order valence-corrected chi connectivity index (χ3v) is 5.39. The molecule has 2 amide bonds. The van der Waals surface area contributed by atoms with Gasteiger partial charge in [0, 0.05) is 53.3 Å². The quantitative estimate of drug-likeness (QED) is 0.376. The Kier molecular flexibility index (Phi) is 7.72. The fourth-order valence-electron chi connectivity index (χ4n) is 3.15. The van der Waals surface area contributed by atoms with Crippen LogP contribution in [0.1, 0.15) is 37.3 Å². The first-order valence-electron chi connectivity index (χ1n) is 9.18. The van der Waals surface area contributed by atoms with E-state index >= 15 is 0 Å². The second-order valence-corrected chi connectivity index (χ2v) is 7.33. The lowest BCUT2D eigenvalue weighted by atomic mass is 9.84. The van der Waals surface area contributed by atoms with Gasteiger partial charge in [-0.15, -0.1) is 0 Å². The monoisotopic (exact) mass is 430 g/mol. The van der Waals surface area contributed by atoms with Crippen molar-refractivity contribution in [2.24, 2.45) is 0 Å². The second-order valence-electron chi connectivity index (χ2n) is 6.89. The minimum absolute atomic E-state index is 0.0115. The Bertz CT molecular complexity index is 1010. The molecule has 0 spiro atoms. The van der Waals surface area contributed by atoms with Gasteiger partial charge in [-0.05, 0) is 55.3 Å². The predicted molar refractivity (Wildman–Crippen MR) is 118 cm³/mol. The largest absolute Gasteiger partial charge is 0.398 e. The molecule has 158 valence electrons. The zero-order chi connectivity index (χ0) is 22.4. The molecule has 0 radical (unpaired) electrons. The lowest BCUT2D eigenvalue weighted by molar-refractivity contribution is -0.129. The van der Waals surface area contributed by atoms with Gasteiger partial charge in [0.15, 0.2) is 0 Å². The van der Waals surface area contributed by atoms with E-state index in [-0.39, 0.29) is 17.6 Å². The summed E-state index contributed by atoms with van der Waals surface area (Å²) in [5.74, 6) is -0.527. The number of benzene rings is 2. The van der Waals surface area contributed by atoms with Gasteiger partial charge >= 0.3 is 0 Å². The van der Waals surface area contributed by atoms with E-state index in [4.69, 9.17) is 22.7 Å². The molecule has 0 aromatic heterocycles. The van der Waals surface area contributed by atoms with Gasteiger partial charge in [-0.25, -0.2) is 4.39 Å². The standard InChI is InChI=1S/C14H15ClFNO.C8H9N3O/c1-8-9(2)17(3)14(18)7-12(8)11-5-4-10(15)6-13(11)16;9-4-6-3-7(11-5-12)1-2-8(6)10/h4-6,12H,7H2,1-3H3;1-5,9H,10H2,(H,11,12). The Balaban J connectivity index is 0.000000232. The van der Waals surface area contributed by atoms with Crippen LogP contribution < -0.4 is 11.1 Å². The number of nitrogens with two attached hydrogens (primary N) is 1. The maximum absolute atomic E-state index is 13.9. The molecule has 8 heteroatoms. The van der Waals surface area contributed by atoms with E-state index in [0.717, 1.165) is 17.5 Å². The van der Waals surface area contributed by atoms with Gasteiger partial charge in [-0.1, -0.05) is 17.7 Å². The van der Waals surface area contributed by atoms with E-state index in [1.165, 1.54) is 6.07 Å². The summed E-state index contributed by atoms with van der Waals surface area (Å²) in [6.07, 6.45) is 2.03. The summed E-state index contributed by atoms with van der Waals surface area (Å²) in [6, 6.07) is 9.57. The van der Waals surface area contributed by atoms with Crippen molar-refractivity contribution in [1.82, 2.24) is 4.90 Å². The van der Waals surface area contributed by atoms with Crippen LogP contribution in [0.25, 0.3) is 0 Å². The van der Waals surface area contributed by atoms with Crippen LogP contribution in [0.15, 0.2) is 47.7 Å². The molecule has 0 bridgehead atoms. The van der Waals surface area contributed by atoms with Crippen LogP contribution in [0.4, 0.5) is 15.8 Å². The first-order chi connectivity index (χ1) is 14.2. The highest BCUT2D eigenvalue weighted by Crippen LogP contribution is 2.36. The maximum Gasteiger partial charge on any atom is 0.227 e. The minimum atomic E-state index is -0.350. The van der Waals surface area contributed by atoms with Gasteiger partial charge in [-0.3, -0.25) is 9.59 Å². The zero-order valence-electron chi connectivity index (χ0n) is 17.0. The van der Waals surface area contributed by atoms with Crippen LogP contribution in [0, 0.1) is 11.2 Å². The van der Waals surface area contributed by atoms with Crippen molar-refractivity contribution in [3.8, 4) is 0 Å². The van der Waals surface area contributed by atoms with E-state index in [1.807, 2.05) is 13.8 Å². The molecule has 1 unspecified atom stereocenters. The number of nitrogen functional groups attached to an aromatic ring is 1. The number of amides is 2. The van der Waals surface area contributed by atoms with E-state index in [0.29, 0.717) is 40.4 Å². The molecular weight excluding hydrogens is 407 g/mol. The molecule has 0 aliphatic carbocycles. The van der Waals surface area contributed by atoms with Crippen molar-refractivity contribution in [3.05, 3.63) is 69.6 Å². The predicted octanol–water partition coefficient (Wildman–Crippen LogP) is 4.55. The highest BCUT2D eigenvalue weighted by molar-refractivity contribution is 6.30. The average Bonchev–Trinajstić information content (AvgIpc) is 2.71. The Morgan fingerprint density at radius 2 is 1.97 bits per heavy atom. The topological polar surface area (TPSA) is 99.3 Å². The third-order valence-electron chi connectivity index (χ3n) is 5.16. The van der Waals surface area contributed by atoms with Crippen molar-refractivity contribution in [2.75, 3.05) is 18.1 Å². The molecule has 1 atom stereocenters. The summed E-state index contributed by atoms with van der Waals surface area (Å²) < 4.78 is 13.9. The number of halogens is 2. The molecule has 3 rings (SSSR count). The smallest absolute Gasteiger partial charge is 0.227 e. The molecule has 1 heterocycles. The molecule has 0 saturated carbocycles. The van der Waals surface area contributed by atoms with Crippen molar-refractivity contribution < 1.29 is 14.0 Å². The fraction of sp³-hybridized carbons (Fsp3) is 0.227. The summed E-state index contributed by atoms with van der Waals surface area (Å²) in [4.78, 5) is 23.5. The number of carbonyl (C=O) groups is 2. The van der Waals surface area contributed by atoms with Gasteiger partial charge in [0.2, 0.25) is 12.3 Å². The summed E-state index contributed by atoms with van der Waals surface area (Å²) in [7, 11) is 1.75. The van der Waals surface area contributed by atoms with Crippen molar-refractivity contribution >= 4 is 41.5 Å². The molecule has 6 nitrogen and oxygen atoms in total. The summed E-state index contributed by atoms with van der Waals surface area (Å²) in [5.41, 5.74) is 9.75. The van der Waals surface area contributed by atoms with E-state index in [9.17, 15) is 14.0 Å². The molecule has 1 aliphatic rings. The lowest BCUT2D eigenvalue weighted by Crippen LogP contribution is -2.32. The first-order valence-corrected chi connectivity index (χ1v) is 9.56. The first kappa shape index (κ1) is 23.1. The normalized spacial score (nSPS) is 16.0. The van der Waals surface area contributed by atoms with Crippen LogP contribution >= 0.6 is 11.6 Å². The Hall–Kier alpha value is -3.19. The van der Waals surface area contributed by atoms with Crippen LogP contribution in [-0.2, 0) is 9.59 Å². The summed E-state index contributed by atoms with van der Waals surface area (Å²) in [5, 5.41) is 9.83. The minimum Gasteiger partial charge on any atom is -0.398 e. The zero-order valence-corrected chi connectivity index (χ0v) is 17.8. The van der Waals surface area contributed by atoms with Gasteiger partial charge < -0.3 is 21.4 Å². The summed E-state index contributed by atoms with van der Waals surface area (Å²) >= 11 is 5.75. The van der Waals surface area contributed by atoms with Crippen LogP contribution in [-0.4, -0.2) is 30.5 Å². The highest BCUT2D eigenvalue weighted by atomic mass is 35.5. The van der Waals surface area contributed by atoms with Crippen molar-refractivity contribution in [2.45, 2.75) is 26.2 Å². The molecule has 0 fully saturated rings. The van der Waals surface area contributed by atoms with Crippen LogP contribution in [0.2, 0.25) is 5.02 Å². The SMILES string of the molecule is CC1=C(C)N(C)C(=O)CC1c1ccc(Cl)cc1F.N=Cc1cc(NC=O)ccc1N. The molecule has 30 heavy (non-hydrogen) atoms. The van der Waals surface area contributed by atoms with E-state index < -0.39 is 0 Å². The number of allylic oxidation sites excluding steroid dienone is 2. The van der Waals surface area contributed by atoms with Crippen LogP contribution in [0.5, 0.6) is 0 Å². The van der Waals surface area contributed by atoms with Crippen molar-refractivity contribution in [3.63, 3.8) is 0 Å². The fourth-order valence-corrected chi connectivity index (χ4v) is 3.31. The van der Waals surface area contributed by atoms with Crippen molar-refractivity contribution in [1.29, 1.82) is 5.41 Å². The molecule has 1 aliphatic heterocycles. The molecule has 4 N–H and O–H groups in total. The molecule has 2 aromatic rings. The third kappa shape index (κ3) is 5.24. The number of hydrogen-bond acceptors (Lipinski definition) is 4. The number of rotatable bonds is 4. The van der Waals surface area contributed by atoms with Gasteiger partial charge in [-0.2, -0.15) is 0 Å². The van der Waals surface area contributed by atoms with E-state index in [1.54, 1.807) is 42.3 Å². The Morgan fingerprint density at radius 3 is 2.57 bits per heavy atom. The lowest BCUT2D eigenvalue weighted by Gasteiger charge is -2.31. The number of anilines is 2.